The van der Waals surface area contributed by atoms with Crippen molar-refractivity contribution in [3.63, 3.8) is 0 Å². The molecule has 19 heavy (non-hydrogen) atoms. The van der Waals surface area contributed by atoms with Crippen molar-refractivity contribution in [2.75, 3.05) is 0 Å². The molecule has 0 rings (SSSR count). The van der Waals surface area contributed by atoms with Crippen molar-refractivity contribution in [1.29, 1.82) is 0 Å². The zero-order valence-electron chi connectivity index (χ0n) is 10.2. The van der Waals surface area contributed by atoms with Gasteiger partial charge in [-0.3, -0.25) is 9.59 Å². The molecule has 0 saturated heterocycles. The summed E-state index contributed by atoms with van der Waals surface area (Å²) in [5, 5.41) is 0. The van der Waals surface area contributed by atoms with E-state index in [1.165, 1.54) is 0 Å². The zero-order valence-corrected chi connectivity index (χ0v) is 10.2. The van der Waals surface area contributed by atoms with Gasteiger partial charge in [-0.05, 0) is 13.8 Å². The van der Waals surface area contributed by atoms with Gasteiger partial charge in [0.05, 0.1) is 0 Å². The van der Waals surface area contributed by atoms with Gasteiger partial charge in [-0.25, -0.2) is 0 Å². The highest BCUT2D eigenvalue weighted by Crippen LogP contribution is 2.43. The van der Waals surface area contributed by atoms with Crippen molar-refractivity contribution in [2.45, 2.75) is 45.2 Å². The molecule has 0 aliphatic heterocycles. The summed E-state index contributed by atoms with van der Waals surface area (Å²) in [6, 6.07) is 0. The van der Waals surface area contributed by atoms with Crippen LogP contribution in [0, 0.1) is 5.41 Å². The molecular weight excluding hydrogens is 285 g/mol. The summed E-state index contributed by atoms with van der Waals surface area (Å²) in [6.07, 6.45) is -6.74. The smallest absolute Gasteiger partial charge is 0.291 e. The van der Waals surface area contributed by atoms with E-state index in [1.54, 1.807) is 0 Å². The van der Waals surface area contributed by atoms with Crippen LogP contribution in [-0.2, 0) is 9.59 Å². The third-order valence-electron chi connectivity index (χ3n) is 2.62. The minimum absolute atomic E-state index is 0.0978. The van der Waals surface area contributed by atoms with Crippen molar-refractivity contribution in [2.24, 2.45) is 5.41 Å². The molecule has 9 heteroatoms. The van der Waals surface area contributed by atoms with E-state index in [4.69, 9.17) is 0 Å². The third kappa shape index (κ3) is 3.06. The Balaban J connectivity index is 5.58. The molecule has 2 nitrogen and oxygen atoms in total. The third-order valence-corrected chi connectivity index (χ3v) is 2.62. The topological polar surface area (TPSA) is 34.1 Å². The lowest BCUT2D eigenvalue weighted by atomic mass is 9.81. The van der Waals surface area contributed by atoms with Crippen LogP contribution in [0.3, 0.4) is 0 Å². The summed E-state index contributed by atoms with van der Waals surface area (Å²) in [6.45, 7) is 0.884. The van der Waals surface area contributed by atoms with Gasteiger partial charge in [-0.2, -0.15) is 30.7 Å². The zero-order chi connectivity index (χ0) is 15.9. The van der Waals surface area contributed by atoms with E-state index in [-0.39, 0.29) is 13.8 Å². The van der Waals surface area contributed by atoms with Crippen molar-refractivity contribution in [1.82, 2.24) is 0 Å². The SMILES string of the molecule is CCC(F)(F)C(=O)C(F)(F)C(=O)C(C)(C)C(F)(F)F. The first-order valence-corrected chi connectivity index (χ1v) is 5.04. The van der Waals surface area contributed by atoms with Gasteiger partial charge in [-0.15, -0.1) is 0 Å². The maximum atomic E-state index is 13.2. The van der Waals surface area contributed by atoms with E-state index in [9.17, 15) is 40.3 Å². The van der Waals surface area contributed by atoms with Crippen molar-refractivity contribution in [3.05, 3.63) is 0 Å². The van der Waals surface area contributed by atoms with Gasteiger partial charge in [0, 0.05) is 6.42 Å². The van der Waals surface area contributed by atoms with Gasteiger partial charge in [-0.1, -0.05) is 6.92 Å². The first-order chi connectivity index (χ1) is 8.12. The molecule has 0 atom stereocenters. The van der Waals surface area contributed by atoms with E-state index >= 15 is 0 Å². The number of carbonyl (C=O) groups excluding carboxylic acids is 2. The van der Waals surface area contributed by atoms with Crippen LogP contribution < -0.4 is 0 Å². The average Bonchev–Trinajstić information content (AvgIpc) is 2.25. The number of alkyl halides is 7. The van der Waals surface area contributed by atoms with E-state index in [1.807, 2.05) is 0 Å². The molecule has 112 valence electrons. The fourth-order valence-corrected chi connectivity index (χ4v) is 1.01. The summed E-state index contributed by atoms with van der Waals surface area (Å²) in [5.74, 6) is -16.0. The second kappa shape index (κ2) is 4.75. The quantitative estimate of drug-likeness (QED) is 0.575. The number of hydrogen-bond acceptors (Lipinski definition) is 2. The molecule has 0 heterocycles. The highest BCUT2D eigenvalue weighted by molar-refractivity contribution is 6.13. The standard InChI is InChI=1S/C10H11F7O2/c1-4-8(11,12)6(19)9(13,14)5(18)7(2,3)10(15,16)17/h4H2,1-3H3. The minimum atomic E-state index is -5.40. The molecule has 0 unspecified atom stereocenters. The molecule has 0 saturated carbocycles. The largest absolute Gasteiger partial charge is 0.401 e. The normalized spacial score (nSPS) is 14.4. The summed E-state index contributed by atoms with van der Waals surface area (Å²) < 4.78 is 89.3. The fourth-order valence-electron chi connectivity index (χ4n) is 1.01. The van der Waals surface area contributed by atoms with E-state index in [0.29, 0.717) is 6.92 Å². The Kier molecular flexibility index (Phi) is 4.46. The van der Waals surface area contributed by atoms with Crippen LogP contribution in [0.1, 0.15) is 27.2 Å². The molecule has 0 radical (unpaired) electrons. The summed E-state index contributed by atoms with van der Waals surface area (Å²) in [5.41, 5.74) is -3.62. The number of Topliss-reactive ketones (excluding diaryl/α,β-unsaturated/α-hetero) is 2. The van der Waals surface area contributed by atoms with Gasteiger partial charge in [0.15, 0.2) is 0 Å². The van der Waals surface area contributed by atoms with Gasteiger partial charge in [0.25, 0.3) is 5.78 Å². The van der Waals surface area contributed by atoms with Crippen LogP contribution in [0.5, 0.6) is 0 Å². The Bertz CT molecular complexity index is 382. The van der Waals surface area contributed by atoms with Crippen LogP contribution in [0.2, 0.25) is 0 Å². The molecule has 0 fully saturated rings. The van der Waals surface area contributed by atoms with E-state index in [0.717, 1.165) is 0 Å². The first kappa shape index (κ1) is 17.8. The number of rotatable bonds is 5. The predicted molar refractivity (Wildman–Crippen MR) is 50.0 cm³/mol. The minimum Gasteiger partial charge on any atom is -0.291 e. The molecule has 0 aromatic heterocycles. The summed E-state index contributed by atoms with van der Waals surface area (Å²) in [7, 11) is 0. The first-order valence-electron chi connectivity index (χ1n) is 5.04. The number of ketones is 2. The number of hydrogen-bond donors (Lipinski definition) is 0. The van der Waals surface area contributed by atoms with Gasteiger partial charge in [0.2, 0.25) is 5.78 Å². The Morgan fingerprint density at radius 1 is 0.842 bits per heavy atom. The molecule has 0 aromatic carbocycles. The van der Waals surface area contributed by atoms with E-state index in [2.05, 4.69) is 0 Å². The van der Waals surface area contributed by atoms with Crippen LogP contribution in [0.25, 0.3) is 0 Å². The van der Waals surface area contributed by atoms with Crippen molar-refractivity contribution in [3.8, 4) is 0 Å². The van der Waals surface area contributed by atoms with E-state index < -0.39 is 41.4 Å². The Morgan fingerprint density at radius 3 is 1.47 bits per heavy atom. The van der Waals surface area contributed by atoms with Gasteiger partial charge >= 0.3 is 18.0 Å². The highest BCUT2D eigenvalue weighted by atomic mass is 19.4. The lowest BCUT2D eigenvalue weighted by molar-refractivity contribution is -0.223. The molecule has 0 bridgehead atoms. The van der Waals surface area contributed by atoms with Crippen molar-refractivity contribution >= 4 is 11.6 Å². The second-order valence-electron chi connectivity index (χ2n) is 4.41. The van der Waals surface area contributed by atoms with Gasteiger partial charge in [0.1, 0.15) is 5.41 Å². The van der Waals surface area contributed by atoms with Crippen LogP contribution in [0.15, 0.2) is 0 Å². The van der Waals surface area contributed by atoms with Crippen LogP contribution >= 0.6 is 0 Å². The Morgan fingerprint density at radius 2 is 1.21 bits per heavy atom. The summed E-state index contributed by atoms with van der Waals surface area (Å²) >= 11 is 0. The molecule has 0 aliphatic rings. The second-order valence-corrected chi connectivity index (χ2v) is 4.41. The Labute approximate surface area is 104 Å². The monoisotopic (exact) mass is 296 g/mol. The molecule has 0 spiro atoms. The maximum Gasteiger partial charge on any atom is 0.401 e. The van der Waals surface area contributed by atoms with Gasteiger partial charge < -0.3 is 0 Å². The lowest BCUT2D eigenvalue weighted by Crippen LogP contribution is -2.55. The molecule has 0 N–H and O–H groups in total. The van der Waals surface area contributed by atoms with Crippen molar-refractivity contribution < 1.29 is 40.3 Å². The fraction of sp³-hybridized carbons (Fsp3) is 0.800. The number of halogens is 7. The van der Waals surface area contributed by atoms with Crippen LogP contribution in [-0.4, -0.2) is 29.6 Å². The highest BCUT2D eigenvalue weighted by Gasteiger charge is 2.66. The maximum absolute atomic E-state index is 13.2. The molecule has 0 amide bonds. The molecule has 0 aromatic rings. The molecule has 0 aliphatic carbocycles. The predicted octanol–water partition coefficient (Wildman–Crippen LogP) is 3.39. The molecular formula is C10H11F7O2. The lowest BCUT2D eigenvalue weighted by Gasteiger charge is -2.30. The summed E-state index contributed by atoms with van der Waals surface area (Å²) in [4.78, 5) is 22.0. The Hall–Kier alpha value is -1.15. The average molecular weight is 296 g/mol. The van der Waals surface area contributed by atoms with Crippen LogP contribution in [0.4, 0.5) is 30.7 Å². The number of carbonyl (C=O) groups is 2.